The van der Waals surface area contributed by atoms with Gasteiger partial charge in [-0.2, -0.15) is 0 Å². The molecular formula is C21H25Cl2N3O2. The van der Waals surface area contributed by atoms with Gasteiger partial charge in [-0.25, -0.2) is 0 Å². The lowest BCUT2D eigenvalue weighted by Gasteiger charge is -2.19. The van der Waals surface area contributed by atoms with Gasteiger partial charge in [0.05, 0.1) is 16.6 Å². The van der Waals surface area contributed by atoms with Crippen LogP contribution in [-0.2, 0) is 11.3 Å². The van der Waals surface area contributed by atoms with Crippen LogP contribution in [0.5, 0.6) is 0 Å². The fraction of sp³-hybridized carbons (Fsp3) is 0.333. The first-order valence-electron chi connectivity index (χ1n) is 9.16. The lowest BCUT2D eigenvalue weighted by Crippen LogP contribution is -2.30. The molecule has 2 aromatic carbocycles. The number of benzene rings is 2. The van der Waals surface area contributed by atoms with Crippen molar-refractivity contribution in [2.24, 2.45) is 0 Å². The van der Waals surface area contributed by atoms with Crippen molar-refractivity contribution in [3.63, 3.8) is 0 Å². The number of nitrogens with one attached hydrogen (secondary N) is 1. The lowest BCUT2D eigenvalue weighted by molar-refractivity contribution is -0.117. The third-order valence-electron chi connectivity index (χ3n) is 4.35. The lowest BCUT2D eigenvalue weighted by atomic mass is 10.1. The van der Waals surface area contributed by atoms with E-state index in [4.69, 9.17) is 23.2 Å². The normalized spacial score (nSPS) is 10.8. The summed E-state index contributed by atoms with van der Waals surface area (Å²) >= 11 is 12.2. The summed E-state index contributed by atoms with van der Waals surface area (Å²) in [4.78, 5) is 28.2. The molecular weight excluding hydrogens is 397 g/mol. The maximum absolute atomic E-state index is 12.3. The van der Waals surface area contributed by atoms with Gasteiger partial charge in [0.1, 0.15) is 0 Å². The van der Waals surface area contributed by atoms with Gasteiger partial charge in [0.25, 0.3) is 5.91 Å². The highest BCUT2D eigenvalue weighted by Crippen LogP contribution is 2.26. The molecule has 0 spiro atoms. The SMILES string of the molecule is CCN(CC)C(=O)c1ccc(NC(=O)CN(C)Cc2cccc(Cl)c2Cl)cc1. The first-order chi connectivity index (χ1) is 13.3. The summed E-state index contributed by atoms with van der Waals surface area (Å²) < 4.78 is 0. The number of halogens is 2. The van der Waals surface area contributed by atoms with Crippen molar-refractivity contribution < 1.29 is 9.59 Å². The van der Waals surface area contributed by atoms with Crippen LogP contribution < -0.4 is 5.32 Å². The van der Waals surface area contributed by atoms with E-state index in [1.54, 1.807) is 35.2 Å². The zero-order valence-corrected chi connectivity index (χ0v) is 17.8. The van der Waals surface area contributed by atoms with Gasteiger partial charge in [0.15, 0.2) is 0 Å². The van der Waals surface area contributed by atoms with Gasteiger partial charge in [-0.3, -0.25) is 14.5 Å². The monoisotopic (exact) mass is 421 g/mol. The van der Waals surface area contributed by atoms with Crippen molar-refractivity contribution in [1.29, 1.82) is 0 Å². The second-order valence-corrected chi connectivity index (χ2v) is 7.27. The molecule has 1 N–H and O–H groups in total. The second-order valence-electron chi connectivity index (χ2n) is 6.49. The molecule has 5 nitrogen and oxygen atoms in total. The summed E-state index contributed by atoms with van der Waals surface area (Å²) in [6, 6.07) is 12.4. The average molecular weight is 422 g/mol. The number of carbonyl (C=O) groups is 2. The van der Waals surface area contributed by atoms with Crippen LogP contribution in [0.25, 0.3) is 0 Å². The summed E-state index contributed by atoms with van der Waals surface area (Å²) in [6.07, 6.45) is 0. The predicted octanol–water partition coefficient (Wildman–Crippen LogP) is 4.55. The molecule has 0 aliphatic heterocycles. The molecule has 2 aromatic rings. The summed E-state index contributed by atoms with van der Waals surface area (Å²) in [6.45, 7) is 5.92. The van der Waals surface area contributed by atoms with E-state index in [0.29, 0.717) is 40.9 Å². The number of carbonyl (C=O) groups excluding carboxylic acids is 2. The van der Waals surface area contributed by atoms with Gasteiger partial charge >= 0.3 is 0 Å². The zero-order chi connectivity index (χ0) is 20.7. The highest BCUT2D eigenvalue weighted by atomic mass is 35.5. The van der Waals surface area contributed by atoms with Gasteiger partial charge in [0.2, 0.25) is 5.91 Å². The van der Waals surface area contributed by atoms with Crippen molar-refractivity contribution in [1.82, 2.24) is 9.80 Å². The Balaban J connectivity index is 1.92. The Morgan fingerprint density at radius 2 is 1.64 bits per heavy atom. The van der Waals surface area contributed by atoms with Crippen molar-refractivity contribution in [2.75, 3.05) is 32.0 Å². The largest absolute Gasteiger partial charge is 0.339 e. The van der Waals surface area contributed by atoms with Crippen molar-refractivity contribution in [3.8, 4) is 0 Å². The highest BCUT2D eigenvalue weighted by molar-refractivity contribution is 6.42. The molecule has 0 aromatic heterocycles. The van der Waals surface area contributed by atoms with E-state index < -0.39 is 0 Å². The highest BCUT2D eigenvalue weighted by Gasteiger charge is 2.13. The maximum atomic E-state index is 12.3. The van der Waals surface area contributed by atoms with E-state index in [1.807, 2.05) is 37.9 Å². The molecule has 150 valence electrons. The minimum atomic E-state index is -0.150. The van der Waals surface area contributed by atoms with Crippen molar-refractivity contribution in [2.45, 2.75) is 20.4 Å². The number of rotatable bonds is 8. The van der Waals surface area contributed by atoms with Crippen LogP contribution >= 0.6 is 23.2 Å². The molecule has 0 saturated carbocycles. The van der Waals surface area contributed by atoms with Crippen LogP contribution in [0.2, 0.25) is 10.0 Å². The number of nitrogens with zero attached hydrogens (tertiary/aromatic N) is 2. The van der Waals surface area contributed by atoms with Crippen molar-refractivity contribution >= 4 is 40.7 Å². The molecule has 0 radical (unpaired) electrons. The van der Waals surface area contributed by atoms with Crippen molar-refractivity contribution in [3.05, 3.63) is 63.6 Å². The summed E-state index contributed by atoms with van der Waals surface area (Å²) in [5.41, 5.74) is 2.12. The fourth-order valence-electron chi connectivity index (χ4n) is 2.85. The topological polar surface area (TPSA) is 52.7 Å². The molecule has 0 unspecified atom stereocenters. The van der Waals surface area contributed by atoms with Gasteiger partial charge in [-0.05, 0) is 56.8 Å². The Morgan fingerprint density at radius 3 is 2.25 bits per heavy atom. The molecule has 2 rings (SSSR count). The van der Waals surface area contributed by atoms with Gasteiger partial charge in [-0.15, -0.1) is 0 Å². The van der Waals surface area contributed by atoms with Crippen LogP contribution in [0.1, 0.15) is 29.8 Å². The van der Waals surface area contributed by atoms with E-state index in [2.05, 4.69) is 5.32 Å². The number of hydrogen-bond donors (Lipinski definition) is 1. The predicted molar refractivity (Wildman–Crippen MR) is 115 cm³/mol. The minimum absolute atomic E-state index is 0.0130. The Hall–Kier alpha value is -2.08. The first kappa shape index (κ1) is 22.2. The minimum Gasteiger partial charge on any atom is -0.339 e. The molecule has 0 bridgehead atoms. The quantitative estimate of drug-likeness (QED) is 0.680. The van der Waals surface area contributed by atoms with Crippen LogP contribution in [0.4, 0.5) is 5.69 Å². The van der Waals surface area contributed by atoms with E-state index in [1.165, 1.54) is 0 Å². The first-order valence-corrected chi connectivity index (χ1v) is 9.91. The number of anilines is 1. The van der Waals surface area contributed by atoms with Crippen LogP contribution in [0.3, 0.4) is 0 Å². The molecule has 0 aliphatic carbocycles. The summed E-state index contributed by atoms with van der Waals surface area (Å²) in [7, 11) is 1.84. The summed E-state index contributed by atoms with van der Waals surface area (Å²) in [5.74, 6) is -0.163. The van der Waals surface area contributed by atoms with Crippen LogP contribution in [0, 0.1) is 0 Å². The molecule has 0 saturated heterocycles. The van der Waals surface area contributed by atoms with E-state index in [0.717, 1.165) is 5.56 Å². The smallest absolute Gasteiger partial charge is 0.253 e. The maximum Gasteiger partial charge on any atom is 0.253 e. The number of amides is 2. The summed E-state index contributed by atoms with van der Waals surface area (Å²) in [5, 5.41) is 3.84. The third-order valence-corrected chi connectivity index (χ3v) is 5.21. The standard InChI is InChI=1S/C21H25Cl2N3O2/c1-4-26(5-2)21(28)15-9-11-17(12-10-15)24-19(27)14-25(3)13-16-7-6-8-18(22)20(16)23/h6-12H,4-5,13-14H2,1-3H3,(H,24,27). The van der Waals surface area contributed by atoms with Gasteiger partial charge in [-0.1, -0.05) is 35.3 Å². The Labute approximate surface area is 176 Å². The Morgan fingerprint density at radius 1 is 1.00 bits per heavy atom. The number of hydrogen-bond acceptors (Lipinski definition) is 3. The molecule has 0 fully saturated rings. The van der Waals surface area contributed by atoms with E-state index >= 15 is 0 Å². The fourth-order valence-corrected chi connectivity index (χ4v) is 3.23. The molecule has 0 atom stereocenters. The number of likely N-dealkylation sites (N-methyl/N-ethyl adjacent to an activating group) is 1. The van der Waals surface area contributed by atoms with E-state index in [9.17, 15) is 9.59 Å². The average Bonchev–Trinajstić information content (AvgIpc) is 2.66. The van der Waals surface area contributed by atoms with Crippen LogP contribution in [-0.4, -0.2) is 48.3 Å². The van der Waals surface area contributed by atoms with Gasteiger partial charge in [0, 0.05) is 30.9 Å². The molecule has 2 amide bonds. The van der Waals surface area contributed by atoms with E-state index in [-0.39, 0.29) is 18.4 Å². The molecule has 28 heavy (non-hydrogen) atoms. The zero-order valence-electron chi connectivity index (χ0n) is 16.3. The third kappa shape index (κ3) is 5.96. The molecule has 7 heteroatoms. The second kappa shape index (κ2) is 10.5. The molecule has 0 aliphatic rings. The van der Waals surface area contributed by atoms with Gasteiger partial charge < -0.3 is 10.2 Å². The Kier molecular flexibility index (Phi) is 8.30. The van der Waals surface area contributed by atoms with Crippen LogP contribution in [0.15, 0.2) is 42.5 Å². The molecule has 0 heterocycles. The Bertz CT molecular complexity index is 821.